The molecule has 0 fully saturated rings. The van der Waals surface area contributed by atoms with E-state index in [1.54, 1.807) is 47.3 Å². The molecule has 7 rings (SSSR count). The summed E-state index contributed by atoms with van der Waals surface area (Å²) >= 11 is 1.42. The van der Waals surface area contributed by atoms with Crippen LogP contribution in [-0.4, -0.2) is 43.3 Å². The summed E-state index contributed by atoms with van der Waals surface area (Å²) < 4.78 is 16.9. The second-order valence-electron chi connectivity index (χ2n) is 10.8. The number of benzene rings is 3. The Labute approximate surface area is 261 Å². The first kappa shape index (κ1) is 28.4. The summed E-state index contributed by atoms with van der Waals surface area (Å²) in [5.74, 6) is -1.24. The molecule has 4 heterocycles. The number of carbonyl (C=O) groups is 2. The van der Waals surface area contributed by atoms with Gasteiger partial charge in [0, 0.05) is 41.0 Å². The fourth-order valence-electron chi connectivity index (χ4n) is 5.74. The highest BCUT2D eigenvalue weighted by Gasteiger charge is 2.26. The Morgan fingerprint density at radius 1 is 0.978 bits per heavy atom. The lowest BCUT2D eigenvalue weighted by atomic mass is 9.94. The predicted molar refractivity (Wildman–Crippen MR) is 171 cm³/mol. The van der Waals surface area contributed by atoms with Crippen LogP contribution in [0, 0.1) is 12.7 Å². The summed E-state index contributed by atoms with van der Waals surface area (Å²) in [7, 11) is 0. The Hall–Kier alpha value is -5.42. The first-order valence-electron chi connectivity index (χ1n) is 14.4. The Bertz CT molecular complexity index is 2070. The van der Waals surface area contributed by atoms with Gasteiger partial charge in [0.15, 0.2) is 10.8 Å². The zero-order valence-corrected chi connectivity index (χ0v) is 25.0. The Morgan fingerprint density at radius 2 is 1.80 bits per heavy atom. The van der Waals surface area contributed by atoms with Gasteiger partial charge in [-0.25, -0.2) is 19.2 Å². The van der Waals surface area contributed by atoms with E-state index < -0.39 is 5.97 Å². The first-order valence-corrected chi connectivity index (χ1v) is 15.2. The zero-order chi connectivity index (χ0) is 31.1. The molecule has 3 aromatic heterocycles. The van der Waals surface area contributed by atoms with Crippen LogP contribution in [0.5, 0.6) is 0 Å². The van der Waals surface area contributed by atoms with Crippen LogP contribution in [0.1, 0.15) is 43.2 Å². The number of nitrogens with one attached hydrogen (secondary N) is 1. The zero-order valence-electron chi connectivity index (χ0n) is 24.2. The smallest absolute Gasteiger partial charge is 0.355 e. The van der Waals surface area contributed by atoms with Gasteiger partial charge in [-0.2, -0.15) is 5.10 Å². The number of amides is 1. The molecule has 2 N–H and O–H groups in total. The summed E-state index contributed by atoms with van der Waals surface area (Å²) in [4.78, 5) is 37.0. The summed E-state index contributed by atoms with van der Waals surface area (Å²) in [5, 5.41) is 18.1. The number of hydrogen-bond acceptors (Lipinski definition) is 7. The molecule has 0 saturated heterocycles. The fourth-order valence-corrected chi connectivity index (χ4v) is 6.60. The van der Waals surface area contributed by atoms with Crippen LogP contribution in [0.4, 0.5) is 15.3 Å². The van der Waals surface area contributed by atoms with Gasteiger partial charge in [-0.1, -0.05) is 53.8 Å². The number of para-hydroxylation sites is 1. The Morgan fingerprint density at radius 3 is 2.62 bits per heavy atom. The van der Waals surface area contributed by atoms with Gasteiger partial charge in [0.2, 0.25) is 0 Å². The van der Waals surface area contributed by atoms with Crippen molar-refractivity contribution in [2.24, 2.45) is 0 Å². The number of thiazole rings is 1. The van der Waals surface area contributed by atoms with Gasteiger partial charge >= 0.3 is 5.97 Å². The maximum atomic E-state index is 14.3. The molecule has 0 unspecified atom stereocenters. The number of anilines is 2. The molecule has 6 aromatic rings. The predicted octanol–water partition coefficient (Wildman–Crippen LogP) is 6.56. The van der Waals surface area contributed by atoms with E-state index in [-0.39, 0.29) is 24.0 Å². The number of pyridine rings is 1. The normalized spacial score (nSPS) is 12.7. The molecule has 0 spiro atoms. The van der Waals surface area contributed by atoms with Gasteiger partial charge in [0.25, 0.3) is 5.91 Å². The van der Waals surface area contributed by atoms with E-state index in [0.29, 0.717) is 58.4 Å². The van der Waals surface area contributed by atoms with Crippen LogP contribution in [0.2, 0.25) is 0 Å². The van der Waals surface area contributed by atoms with Gasteiger partial charge < -0.3 is 10.0 Å². The molecule has 0 atom stereocenters. The van der Waals surface area contributed by atoms with Crippen LogP contribution in [0.3, 0.4) is 0 Å². The van der Waals surface area contributed by atoms with Crippen molar-refractivity contribution >= 4 is 44.4 Å². The highest BCUT2D eigenvalue weighted by molar-refractivity contribution is 7.22. The van der Waals surface area contributed by atoms with Crippen LogP contribution in [0.25, 0.3) is 21.3 Å². The third kappa shape index (κ3) is 5.42. The molecule has 45 heavy (non-hydrogen) atoms. The summed E-state index contributed by atoms with van der Waals surface area (Å²) in [6.45, 7) is 3.05. The average Bonchev–Trinajstić information content (AvgIpc) is 3.63. The number of carbonyl (C=O) groups excluding carboxylic acids is 1. The molecule has 11 heteroatoms. The number of halogens is 1. The van der Waals surface area contributed by atoms with E-state index in [0.717, 1.165) is 21.3 Å². The van der Waals surface area contributed by atoms with Crippen molar-refractivity contribution in [3.05, 3.63) is 125 Å². The number of fused-ring (bicyclic) bond motifs is 2. The van der Waals surface area contributed by atoms with E-state index in [4.69, 9.17) is 0 Å². The lowest BCUT2D eigenvalue weighted by Crippen LogP contribution is -2.33. The number of carboxylic acid groups (broad SMARTS) is 1. The van der Waals surface area contributed by atoms with Crippen molar-refractivity contribution in [3.63, 3.8) is 0 Å². The number of rotatable bonds is 7. The number of hydrogen-bond donors (Lipinski definition) is 2. The number of carboxylic acids is 1. The molecule has 0 bridgehead atoms. The molecule has 3 aromatic carbocycles. The molecule has 224 valence electrons. The quantitative estimate of drug-likeness (QED) is 0.208. The van der Waals surface area contributed by atoms with Gasteiger partial charge in [-0.05, 0) is 60.9 Å². The molecule has 0 radical (unpaired) electrons. The fraction of sp³-hybridized carbons (Fsp3) is 0.147. The number of aromatic nitrogens is 4. The molecule has 0 saturated carbocycles. The Balaban J connectivity index is 1.15. The van der Waals surface area contributed by atoms with Crippen LogP contribution < -0.4 is 10.2 Å². The average molecular weight is 619 g/mol. The SMILES string of the molecule is Cc1c(-c2ccc(N3CCc4cccc(C(=O)Nc5nc6ccccc6s5)c4C3)nc2C(=O)O)cnn1Cc1ccccc1F. The van der Waals surface area contributed by atoms with E-state index in [9.17, 15) is 19.1 Å². The van der Waals surface area contributed by atoms with Gasteiger partial charge in [-0.15, -0.1) is 0 Å². The van der Waals surface area contributed by atoms with Gasteiger partial charge in [0.1, 0.15) is 11.6 Å². The summed E-state index contributed by atoms with van der Waals surface area (Å²) in [5.41, 5.74) is 5.43. The van der Waals surface area contributed by atoms with Crippen molar-refractivity contribution in [2.45, 2.75) is 26.4 Å². The maximum absolute atomic E-state index is 14.3. The van der Waals surface area contributed by atoms with Crippen molar-refractivity contribution in [2.75, 3.05) is 16.8 Å². The van der Waals surface area contributed by atoms with E-state index in [1.807, 2.05) is 48.2 Å². The molecular formula is C34H27FN6O3S. The second kappa shape index (κ2) is 11.6. The summed E-state index contributed by atoms with van der Waals surface area (Å²) in [6.07, 6.45) is 2.26. The minimum Gasteiger partial charge on any atom is -0.476 e. The summed E-state index contributed by atoms with van der Waals surface area (Å²) in [6, 6.07) is 23.4. The number of aromatic carboxylic acids is 1. The topological polar surface area (TPSA) is 113 Å². The highest BCUT2D eigenvalue weighted by atomic mass is 32.1. The van der Waals surface area contributed by atoms with Crippen LogP contribution >= 0.6 is 11.3 Å². The van der Waals surface area contributed by atoms with Gasteiger partial charge in [0.05, 0.1) is 23.0 Å². The van der Waals surface area contributed by atoms with Gasteiger partial charge in [-0.3, -0.25) is 14.8 Å². The third-order valence-electron chi connectivity index (χ3n) is 8.11. The van der Waals surface area contributed by atoms with E-state index in [2.05, 4.69) is 20.4 Å². The van der Waals surface area contributed by atoms with Crippen LogP contribution in [0.15, 0.2) is 85.1 Å². The monoisotopic (exact) mass is 618 g/mol. The maximum Gasteiger partial charge on any atom is 0.355 e. The van der Waals surface area contributed by atoms with Crippen molar-refractivity contribution in [1.82, 2.24) is 19.7 Å². The molecule has 0 aliphatic carbocycles. The lowest BCUT2D eigenvalue weighted by Gasteiger charge is -2.31. The highest BCUT2D eigenvalue weighted by Crippen LogP contribution is 2.32. The largest absolute Gasteiger partial charge is 0.476 e. The van der Waals surface area contributed by atoms with Crippen molar-refractivity contribution in [3.8, 4) is 11.1 Å². The van der Waals surface area contributed by atoms with Crippen molar-refractivity contribution in [1.29, 1.82) is 0 Å². The molecule has 1 aliphatic rings. The standard InChI is InChI=1S/C34H27FN6O3S/c1-20-25(17-36-41(20)18-22-7-2-3-10-27(22)35)23-13-14-30(38-31(23)33(43)44)40-16-15-21-8-6-9-24(26(21)19-40)32(42)39-34-37-28-11-4-5-12-29(28)45-34/h2-14,17H,15-16,18-19H2,1H3,(H,43,44)(H,37,39,42). The second-order valence-corrected chi connectivity index (χ2v) is 11.8. The molecule has 1 amide bonds. The Kier molecular flexibility index (Phi) is 7.30. The lowest BCUT2D eigenvalue weighted by molar-refractivity contribution is 0.0691. The van der Waals surface area contributed by atoms with E-state index in [1.165, 1.54) is 17.4 Å². The molecular weight excluding hydrogens is 591 g/mol. The molecule has 1 aliphatic heterocycles. The van der Waals surface area contributed by atoms with E-state index >= 15 is 0 Å². The first-order chi connectivity index (χ1) is 21.9. The van der Waals surface area contributed by atoms with Crippen molar-refractivity contribution < 1.29 is 19.1 Å². The molecule has 9 nitrogen and oxygen atoms in total. The minimum absolute atomic E-state index is 0.103. The minimum atomic E-state index is -1.17. The number of nitrogens with zero attached hydrogens (tertiary/aromatic N) is 5. The third-order valence-corrected chi connectivity index (χ3v) is 9.06. The van der Waals surface area contributed by atoms with Crippen LogP contribution in [-0.2, 0) is 19.5 Å².